The highest BCUT2D eigenvalue weighted by Crippen LogP contribution is 2.26. The van der Waals surface area contributed by atoms with Crippen molar-refractivity contribution in [2.24, 2.45) is 0 Å². The summed E-state index contributed by atoms with van der Waals surface area (Å²) in [6.45, 7) is 3.99. The first-order chi connectivity index (χ1) is 14.0. The lowest BCUT2D eigenvalue weighted by Gasteiger charge is -2.23. The molecule has 6 heteroatoms. The Kier molecular flexibility index (Phi) is 5.81. The monoisotopic (exact) mass is 409 g/mol. The molecule has 0 aliphatic heterocycles. The van der Waals surface area contributed by atoms with Crippen LogP contribution in [-0.2, 0) is 17.8 Å². The maximum absolute atomic E-state index is 13.4. The van der Waals surface area contributed by atoms with Gasteiger partial charge in [0.1, 0.15) is 17.2 Å². The maximum atomic E-state index is 13.4. The first kappa shape index (κ1) is 19.8. The quantitative estimate of drug-likeness (QED) is 0.690. The normalized spacial score (nSPS) is 15.0. The van der Waals surface area contributed by atoms with Crippen molar-refractivity contribution in [2.45, 2.75) is 65.0 Å². The molecular formula is C23H27N3O2S. The van der Waals surface area contributed by atoms with Crippen LogP contribution in [0.2, 0.25) is 0 Å². The minimum atomic E-state index is -0.110. The molecule has 0 saturated heterocycles. The van der Waals surface area contributed by atoms with Gasteiger partial charge in [-0.3, -0.25) is 14.2 Å². The molecule has 1 aliphatic rings. The van der Waals surface area contributed by atoms with E-state index in [4.69, 9.17) is 4.98 Å². The molecule has 5 nitrogen and oxygen atoms in total. The molecule has 2 aromatic heterocycles. The molecule has 4 rings (SSSR count). The second-order valence-corrected chi connectivity index (χ2v) is 9.15. The smallest absolute Gasteiger partial charge is 0.263 e. The number of carbonyl (C=O) groups excluding carboxylic acids is 1. The van der Waals surface area contributed by atoms with Crippen LogP contribution in [0.5, 0.6) is 0 Å². The van der Waals surface area contributed by atoms with Crippen LogP contribution in [0.3, 0.4) is 0 Å². The average Bonchev–Trinajstić information content (AvgIpc) is 3.00. The summed E-state index contributed by atoms with van der Waals surface area (Å²) in [6.07, 6.45) is 6.13. The summed E-state index contributed by atoms with van der Waals surface area (Å²) in [4.78, 5) is 32.8. The van der Waals surface area contributed by atoms with Crippen molar-refractivity contribution >= 4 is 27.5 Å². The van der Waals surface area contributed by atoms with Crippen LogP contribution in [0.4, 0.5) is 0 Å². The van der Waals surface area contributed by atoms with Crippen LogP contribution in [0.1, 0.15) is 53.9 Å². The van der Waals surface area contributed by atoms with E-state index in [1.54, 1.807) is 15.9 Å². The number of hydrogen-bond donors (Lipinski definition) is 1. The molecule has 1 aliphatic carbocycles. The van der Waals surface area contributed by atoms with E-state index >= 15 is 0 Å². The van der Waals surface area contributed by atoms with E-state index in [1.165, 1.54) is 6.42 Å². The maximum Gasteiger partial charge on any atom is 0.263 e. The van der Waals surface area contributed by atoms with E-state index in [9.17, 15) is 9.59 Å². The van der Waals surface area contributed by atoms with Crippen LogP contribution < -0.4 is 10.9 Å². The molecule has 29 heavy (non-hydrogen) atoms. The fraction of sp³-hybridized carbons (Fsp3) is 0.435. The predicted molar refractivity (Wildman–Crippen MR) is 118 cm³/mol. The van der Waals surface area contributed by atoms with E-state index in [0.717, 1.165) is 46.5 Å². The van der Waals surface area contributed by atoms with Gasteiger partial charge in [-0.15, -0.1) is 11.3 Å². The Morgan fingerprint density at radius 1 is 1.17 bits per heavy atom. The number of fused-ring (bicyclic) bond motifs is 1. The van der Waals surface area contributed by atoms with E-state index < -0.39 is 0 Å². The van der Waals surface area contributed by atoms with E-state index in [-0.39, 0.29) is 24.1 Å². The Hall–Kier alpha value is -2.47. The minimum absolute atomic E-state index is 0.0226. The Morgan fingerprint density at radius 2 is 1.90 bits per heavy atom. The second-order valence-electron chi connectivity index (χ2n) is 7.95. The first-order valence-electron chi connectivity index (χ1n) is 10.4. The van der Waals surface area contributed by atoms with Gasteiger partial charge in [-0.1, -0.05) is 49.6 Å². The average molecular weight is 410 g/mol. The fourth-order valence-corrected chi connectivity index (χ4v) is 5.15. The molecule has 0 spiro atoms. The number of thiophene rings is 1. The van der Waals surface area contributed by atoms with Gasteiger partial charge in [0.05, 0.1) is 5.39 Å². The first-order valence-corrected chi connectivity index (χ1v) is 11.2. The number of carbonyl (C=O) groups is 1. The van der Waals surface area contributed by atoms with Crippen molar-refractivity contribution in [3.05, 3.63) is 62.5 Å². The molecule has 1 aromatic carbocycles. The summed E-state index contributed by atoms with van der Waals surface area (Å²) in [6, 6.07) is 10.2. The van der Waals surface area contributed by atoms with E-state index in [0.29, 0.717) is 17.6 Å². The van der Waals surface area contributed by atoms with Crippen LogP contribution >= 0.6 is 11.3 Å². The van der Waals surface area contributed by atoms with Crippen molar-refractivity contribution in [3.63, 3.8) is 0 Å². The van der Waals surface area contributed by atoms with Crippen molar-refractivity contribution in [3.8, 4) is 0 Å². The summed E-state index contributed by atoms with van der Waals surface area (Å²) in [5.41, 5.74) is 1.93. The van der Waals surface area contributed by atoms with Gasteiger partial charge in [0.15, 0.2) is 0 Å². The van der Waals surface area contributed by atoms with Crippen LogP contribution in [0.25, 0.3) is 10.2 Å². The van der Waals surface area contributed by atoms with Gasteiger partial charge in [-0.25, -0.2) is 4.98 Å². The van der Waals surface area contributed by atoms with Crippen molar-refractivity contribution in [2.75, 3.05) is 0 Å². The standard InChI is InChI=1S/C23H27N3O2S/c1-15-16(2)29-22-21(15)23(28)26(14-20(27)24-18-11-7-4-8-12-18)19(25-22)13-17-9-5-3-6-10-17/h3,5-6,9-10,18H,4,7-8,11-14H2,1-2H3,(H,24,27). The second kappa shape index (κ2) is 8.49. The summed E-state index contributed by atoms with van der Waals surface area (Å²) in [5, 5.41) is 3.78. The van der Waals surface area contributed by atoms with Gasteiger partial charge >= 0.3 is 0 Å². The van der Waals surface area contributed by atoms with Crippen LogP contribution in [-0.4, -0.2) is 21.5 Å². The van der Waals surface area contributed by atoms with Gasteiger partial charge in [0, 0.05) is 17.3 Å². The van der Waals surface area contributed by atoms with Gasteiger partial charge in [0.2, 0.25) is 5.91 Å². The number of aryl methyl sites for hydroxylation is 2. The predicted octanol–water partition coefficient (Wildman–Crippen LogP) is 4.11. The van der Waals surface area contributed by atoms with Crippen molar-refractivity contribution in [1.29, 1.82) is 0 Å². The molecule has 152 valence electrons. The number of hydrogen-bond acceptors (Lipinski definition) is 4. The number of amides is 1. The molecule has 0 atom stereocenters. The van der Waals surface area contributed by atoms with Crippen LogP contribution in [0, 0.1) is 13.8 Å². The number of aromatic nitrogens is 2. The molecule has 0 unspecified atom stereocenters. The minimum Gasteiger partial charge on any atom is -0.352 e. The molecule has 1 N–H and O–H groups in total. The van der Waals surface area contributed by atoms with Gasteiger partial charge in [-0.2, -0.15) is 0 Å². The molecule has 0 radical (unpaired) electrons. The molecule has 1 amide bonds. The zero-order chi connectivity index (χ0) is 20.4. The van der Waals surface area contributed by atoms with E-state index in [1.807, 2.05) is 44.2 Å². The van der Waals surface area contributed by atoms with Gasteiger partial charge < -0.3 is 5.32 Å². The zero-order valence-electron chi connectivity index (χ0n) is 17.0. The Balaban J connectivity index is 1.70. The third kappa shape index (κ3) is 4.27. The zero-order valence-corrected chi connectivity index (χ0v) is 17.8. The molecule has 1 saturated carbocycles. The summed E-state index contributed by atoms with van der Waals surface area (Å²) < 4.78 is 1.58. The van der Waals surface area contributed by atoms with Gasteiger partial charge in [-0.05, 0) is 37.8 Å². The van der Waals surface area contributed by atoms with Gasteiger partial charge in [0.25, 0.3) is 5.56 Å². The number of benzene rings is 1. The number of nitrogens with zero attached hydrogens (tertiary/aromatic N) is 2. The Bertz CT molecular complexity index is 1080. The van der Waals surface area contributed by atoms with Crippen molar-refractivity contribution in [1.82, 2.24) is 14.9 Å². The molecule has 3 aromatic rings. The molecule has 1 fully saturated rings. The number of nitrogens with one attached hydrogen (secondary N) is 1. The number of rotatable bonds is 5. The molecular weight excluding hydrogens is 382 g/mol. The Morgan fingerprint density at radius 3 is 2.62 bits per heavy atom. The topological polar surface area (TPSA) is 64.0 Å². The SMILES string of the molecule is Cc1sc2nc(Cc3ccccc3)n(CC(=O)NC3CCCCC3)c(=O)c2c1C. The highest BCUT2D eigenvalue weighted by Gasteiger charge is 2.20. The Labute approximate surface area is 174 Å². The molecule has 0 bridgehead atoms. The lowest BCUT2D eigenvalue weighted by atomic mass is 9.95. The lowest BCUT2D eigenvalue weighted by molar-refractivity contribution is -0.122. The summed E-state index contributed by atoms with van der Waals surface area (Å²) in [5.74, 6) is 0.549. The fourth-order valence-electron chi connectivity index (χ4n) is 4.11. The lowest BCUT2D eigenvalue weighted by Crippen LogP contribution is -2.40. The summed E-state index contributed by atoms with van der Waals surface area (Å²) >= 11 is 1.55. The largest absolute Gasteiger partial charge is 0.352 e. The highest BCUT2D eigenvalue weighted by molar-refractivity contribution is 7.18. The third-order valence-electron chi connectivity index (χ3n) is 5.84. The highest BCUT2D eigenvalue weighted by atomic mass is 32.1. The van der Waals surface area contributed by atoms with Crippen LogP contribution in [0.15, 0.2) is 35.1 Å². The third-order valence-corrected chi connectivity index (χ3v) is 6.95. The summed E-state index contributed by atoms with van der Waals surface area (Å²) in [7, 11) is 0. The van der Waals surface area contributed by atoms with E-state index in [2.05, 4.69) is 5.32 Å². The molecule has 2 heterocycles. The van der Waals surface area contributed by atoms with Crippen molar-refractivity contribution < 1.29 is 4.79 Å².